The number of anilines is 2. The molecule has 4 aromatic rings. The van der Waals surface area contributed by atoms with Crippen molar-refractivity contribution in [3.63, 3.8) is 0 Å². The van der Waals surface area contributed by atoms with Crippen molar-refractivity contribution >= 4 is 62.3 Å². The molecule has 0 unspecified atom stereocenters. The first-order chi connectivity index (χ1) is 20.3. The molecule has 10 nitrogen and oxygen atoms in total. The normalized spacial score (nSPS) is 16.0. The number of methoxy groups -OCH3 is 1. The second-order valence-corrected chi connectivity index (χ2v) is 11.4. The third kappa shape index (κ3) is 6.09. The van der Waals surface area contributed by atoms with E-state index in [2.05, 4.69) is 31.4 Å². The Bertz CT molecular complexity index is 1730. The van der Waals surface area contributed by atoms with E-state index in [0.717, 1.165) is 21.8 Å². The molecule has 0 saturated carbocycles. The molecule has 3 aromatic carbocycles. The van der Waals surface area contributed by atoms with Crippen molar-refractivity contribution < 1.29 is 14.3 Å². The predicted molar refractivity (Wildman–Crippen MR) is 170 cm³/mol. The Kier molecular flexibility index (Phi) is 8.74. The van der Waals surface area contributed by atoms with Crippen molar-refractivity contribution in [2.45, 2.75) is 18.6 Å². The summed E-state index contributed by atoms with van der Waals surface area (Å²) in [6.07, 6.45) is 1.43. The molecule has 1 aromatic heterocycles. The van der Waals surface area contributed by atoms with Crippen molar-refractivity contribution in [1.29, 1.82) is 0 Å². The average molecular weight is 648 g/mol. The van der Waals surface area contributed by atoms with Gasteiger partial charge in [0.15, 0.2) is 5.17 Å². The molecule has 2 heterocycles. The SMILES string of the molecule is COc1ccc(/C=N\N=C2\S[C@@H](CC(=O)Nc3ccc(Br)cc3)C(=O)N2c2c(C)n(C)n(-c3ccccc3)c2=O)cc1. The Morgan fingerprint density at radius 3 is 2.40 bits per heavy atom. The number of aromatic nitrogens is 2. The van der Waals surface area contributed by atoms with Gasteiger partial charge in [0.2, 0.25) is 11.8 Å². The lowest BCUT2D eigenvalue weighted by Crippen LogP contribution is -2.37. The van der Waals surface area contributed by atoms with Crippen LogP contribution in [-0.4, -0.2) is 44.9 Å². The van der Waals surface area contributed by atoms with Gasteiger partial charge in [-0.25, -0.2) is 9.58 Å². The maximum Gasteiger partial charge on any atom is 0.296 e. The molecule has 1 fully saturated rings. The predicted octanol–water partition coefficient (Wildman–Crippen LogP) is 5.12. The van der Waals surface area contributed by atoms with Gasteiger partial charge < -0.3 is 10.1 Å². The van der Waals surface area contributed by atoms with Crippen molar-refractivity contribution in [2.75, 3.05) is 17.3 Å². The third-order valence-electron chi connectivity index (χ3n) is 6.65. The number of rotatable bonds is 8. The van der Waals surface area contributed by atoms with Gasteiger partial charge in [0.05, 0.1) is 24.7 Å². The number of nitrogens with zero attached hydrogens (tertiary/aromatic N) is 5. The average Bonchev–Trinajstić information content (AvgIpc) is 3.40. The fraction of sp³-hybridized carbons (Fsp3) is 0.167. The number of amides is 2. The highest BCUT2D eigenvalue weighted by atomic mass is 79.9. The van der Waals surface area contributed by atoms with Gasteiger partial charge in [0.25, 0.3) is 5.56 Å². The van der Waals surface area contributed by atoms with E-state index in [1.807, 2.05) is 54.6 Å². The first kappa shape index (κ1) is 29.1. The standard InChI is InChI=1S/C30H27BrN6O4S/c1-19-27(29(40)37(35(19)2)23-7-5-4-6-8-23)36-28(39)25(17-26(38)33-22-13-11-21(31)12-14-22)42-30(36)34-32-18-20-9-15-24(41-3)16-10-20/h4-16,18,25H,17H2,1-3H3,(H,33,38)/b32-18-,34-30+/t25-/m0/s1. The van der Waals surface area contributed by atoms with Gasteiger partial charge in [-0.3, -0.25) is 19.1 Å². The lowest BCUT2D eigenvalue weighted by atomic mass is 10.2. The van der Waals surface area contributed by atoms with Crippen LogP contribution in [0.15, 0.2) is 98.3 Å². The van der Waals surface area contributed by atoms with E-state index in [1.54, 1.807) is 56.2 Å². The van der Waals surface area contributed by atoms with Gasteiger partial charge in [-0.2, -0.15) is 5.10 Å². The first-order valence-corrected chi connectivity index (χ1v) is 14.6. The van der Waals surface area contributed by atoms with Crippen LogP contribution in [0.3, 0.4) is 0 Å². The number of amidine groups is 1. The fourth-order valence-corrected chi connectivity index (χ4v) is 5.77. The van der Waals surface area contributed by atoms with Crippen LogP contribution in [0.25, 0.3) is 5.69 Å². The topological polar surface area (TPSA) is 110 Å². The van der Waals surface area contributed by atoms with E-state index in [4.69, 9.17) is 4.74 Å². The third-order valence-corrected chi connectivity index (χ3v) is 8.30. The summed E-state index contributed by atoms with van der Waals surface area (Å²) >= 11 is 4.48. The highest BCUT2D eigenvalue weighted by Gasteiger charge is 2.43. The van der Waals surface area contributed by atoms with Crippen LogP contribution < -0.4 is 20.5 Å². The van der Waals surface area contributed by atoms with Crippen molar-refractivity contribution in [3.05, 3.63) is 105 Å². The van der Waals surface area contributed by atoms with E-state index >= 15 is 0 Å². The summed E-state index contributed by atoms with van der Waals surface area (Å²) in [7, 11) is 3.34. The number of hydrogen-bond acceptors (Lipinski definition) is 7. The van der Waals surface area contributed by atoms with Crippen LogP contribution in [0.5, 0.6) is 5.75 Å². The molecule has 1 aliphatic rings. The van der Waals surface area contributed by atoms with Crippen molar-refractivity contribution in [1.82, 2.24) is 9.36 Å². The Balaban J connectivity index is 1.48. The van der Waals surface area contributed by atoms with Crippen LogP contribution in [-0.2, 0) is 16.6 Å². The van der Waals surface area contributed by atoms with Crippen LogP contribution >= 0.6 is 27.7 Å². The summed E-state index contributed by atoms with van der Waals surface area (Å²) in [5.74, 6) is -0.0481. The number of carbonyl (C=O) groups is 2. The van der Waals surface area contributed by atoms with Gasteiger partial charge in [0.1, 0.15) is 16.7 Å². The summed E-state index contributed by atoms with van der Waals surface area (Å²) in [6, 6.07) is 23.6. The molecule has 0 radical (unpaired) electrons. The van der Waals surface area contributed by atoms with Crippen LogP contribution in [0.1, 0.15) is 17.7 Å². The Labute approximate surface area is 254 Å². The van der Waals surface area contributed by atoms with Gasteiger partial charge in [0, 0.05) is 23.6 Å². The van der Waals surface area contributed by atoms with Crippen LogP contribution in [0.4, 0.5) is 11.4 Å². The minimum Gasteiger partial charge on any atom is -0.497 e. The Morgan fingerprint density at radius 2 is 1.74 bits per heavy atom. The highest BCUT2D eigenvalue weighted by molar-refractivity contribution is 9.10. The van der Waals surface area contributed by atoms with Gasteiger partial charge in [-0.1, -0.05) is 45.9 Å². The summed E-state index contributed by atoms with van der Waals surface area (Å²) in [4.78, 5) is 41.8. The zero-order valence-electron chi connectivity index (χ0n) is 23.0. The largest absolute Gasteiger partial charge is 0.497 e. The minimum absolute atomic E-state index is 0.115. The lowest BCUT2D eigenvalue weighted by Gasteiger charge is -2.14. The van der Waals surface area contributed by atoms with E-state index in [1.165, 1.54) is 9.58 Å². The molecule has 2 amide bonds. The molecule has 0 spiro atoms. The van der Waals surface area contributed by atoms with Gasteiger partial charge >= 0.3 is 0 Å². The lowest BCUT2D eigenvalue weighted by molar-refractivity contribution is -0.121. The molecule has 1 N–H and O–H groups in total. The molecule has 42 heavy (non-hydrogen) atoms. The number of para-hydroxylation sites is 1. The molecule has 0 aliphatic carbocycles. The summed E-state index contributed by atoms with van der Waals surface area (Å²) in [5.41, 5.74) is 2.37. The summed E-state index contributed by atoms with van der Waals surface area (Å²) in [6.45, 7) is 1.76. The smallest absolute Gasteiger partial charge is 0.296 e. The molecular formula is C30H27BrN6O4S. The minimum atomic E-state index is -0.806. The van der Waals surface area contributed by atoms with E-state index < -0.39 is 11.2 Å². The second kappa shape index (κ2) is 12.6. The van der Waals surface area contributed by atoms with E-state index in [0.29, 0.717) is 22.8 Å². The number of halogens is 1. The molecule has 12 heteroatoms. The van der Waals surface area contributed by atoms with Crippen LogP contribution in [0, 0.1) is 6.92 Å². The molecule has 5 rings (SSSR count). The summed E-state index contributed by atoms with van der Waals surface area (Å²) in [5, 5.41) is 10.8. The number of ether oxygens (including phenoxy) is 1. The summed E-state index contributed by atoms with van der Waals surface area (Å²) < 4.78 is 9.26. The van der Waals surface area contributed by atoms with Gasteiger partial charge in [-0.05, 0) is 73.2 Å². The molecule has 1 aliphatic heterocycles. The van der Waals surface area contributed by atoms with E-state index in [-0.39, 0.29) is 28.7 Å². The number of thioether (sulfide) groups is 1. The number of carbonyl (C=O) groups excluding carboxylic acids is 2. The molecule has 1 atom stereocenters. The monoisotopic (exact) mass is 646 g/mol. The molecule has 0 bridgehead atoms. The van der Waals surface area contributed by atoms with Crippen molar-refractivity contribution in [3.8, 4) is 11.4 Å². The zero-order valence-corrected chi connectivity index (χ0v) is 25.4. The molecule has 1 saturated heterocycles. The maximum atomic E-state index is 13.8. The molecular weight excluding hydrogens is 620 g/mol. The van der Waals surface area contributed by atoms with Gasteiger partial charge in [-0.15, -0.1) is 5.10 Å². The zero-order chi connectivity index (χ0) is 29.8. The van der Waals surface area contributed by atoms with Crippen LogP contribution in [0.2, 0.25) is 0 Å². The fourth-order valence-electron chi connectivity index (χ4n) is 4.43. The van der Waals surface area contributed by atoms with Crippen molar-refractivity contribution in [2.24, 2.45) is 17.3 Å². The molecule has 214 valence electrons. The Morgan fingerprint density at radius 1 is 1.05 bits per heavy atom. The number of benzene rings is 3. The first-order valence-electron chi connectivity index (χ1n) is 12.9. The maximum absolute atomic E-state index is 13.8. The quantitative estimate of drug-likeness (QED) is 0.211. The Hall–Kier alpha value is -4.42. The second-order valence-electron chi connectivity index (χ2n) is 9.35. The highest BCUT2D eigenvalue weighted by Crippen LogP contribution is 2.34. The van der Waals surface area contributed by atoms with E-state index in [9.17, 15) is 14.4 Å². The number of hydrogen-bond donors (Lipinski definition) is 1. The number of nitrogens with one attached hydrogen (secondary N) is 1.